The summed E-state index contributed by atoms with van der Waals surface area (Å²) in [6.45, 7) is 3.42. The number of amides is 2. The number of anilines is 2. The number of nitrogens with one attached hydrogen (secondary N) is 3. The van der Waals surface area contributed by atoms with Crippen molar-refractivity contribution >= 4 is 40.5 Å². The summed E-state index contributed by atoms with van der Waals surface area (Å²) < 4.78 is 0. The van der Waals surface area contributed by atoms with Crippen LogP contribution in [0.5, 0.6) is 0 Å². The second-order valence-corrected chi connectivity index (χ2v) is 5.77. The molecular formula is C18H19N3O2S. The molecule has 3 N–H and O–H groups in total. The summed E-state index contributed by atoms with van der Waals surface area (Å²) in [6, 6.07) is 14.8. The zero-order valence-corrected chi connectivity index (χ0v) is 14.4. The molecule has 2 aromatic carbocycles. The van der Waals surface area contributed by atoms with Crippen molar-refractivity contribution in [1.82, 2.24) is 5.32 Å². The van der Waals surface area contributed by atoms with E-state index in [0.29, 0.717) is 5.69 Å². The Bertz CT molecular complexity index is 757. The van der Waals surface area contributed by atoms with E-state index in [4.69, 9.17) is 12.2 Å². The maximum atomic E-state index is 12.1. The van der Waals surface area contributed by atoms with Crippen LogP contribution in [0.15, 0.2) is 48.5 Å². The lowest BCUT2D eigenvalue weighted by molar-refractivity contribution is -0.119. The first-order valence-corrected chi connectivity index (χ1v) is 7.88. The Labute approximate surface area is 146 Å². The molecule has 0 bridgehead atoms. The van der Waals surface area contributed by atoms with Crippen LogP contribution in [0, 0.1) is 6.92 Å². The number of benzene rings is 2. The molecule has 24 heavy (non-hydrogen) atoms. The highest BCUT2D eigenvalue weighted by Crippen LogP contribution is 2.13. The molecule has 0 heterocycles. The number of carbonyl (C=O) groups is 2. The summed E-state index contributed by atoms with van der Waals surface area (Å²) in [6.07, 6.45) is 0.274. The topological polar surface area (TPSA) is 70.2 Å². The maximum absolute atomic E-state index is 12.1. The van der Waals surface area contributed by atoms with Gasteiger partial charge < -0.3 is 16.0 Å². The molecule has 2 amide bonds. The molecule has 0 fully saturated rings. The molecule has 0 aliphatic rings. The molecule has 0 radical (unpaired) electrons. The van der Waals surface area contributed by atoms with Gasteiger partial charge in [0.2, 0.25) is 11.8 Å². The van der Waals surface area contributed by atoms with Gasteiger partial charge in [-0.3, -0.25) is 9.59 Å². The largest absolute Gasteiger partial charge is 0.332 e. The summed E-state index contributed by atoms with van der Waals surface area (Å²) in [5.74, 6) is -0.300. The highest BCUT2D eigenvalue weighted by molar-refractivity contribution is 7.80. The fraction of sp³-hybridized carbons (Fsp3) is 0.167. The first-order chi connectivity index (χ1) is 11.4. The van der Waals surface area contributed by atoms with E-state index in [1.807, 2.05) is 31.2 Å². The third kappa shape index (κ3) is 5.48. The Hall–Kier alpha value is -2.73. The van der Waals surface area contributed by atoms with Crippen LogP contribution in [-0.4, -0.2) is 16.9 Å². The van der Waals surface area contributed by atoms with Gasteiger partial charge in [0.25, 0.3) is 0 Å². The number of aryl methyl sites for hydroxylation is 1. The average Bonchev–Trinajstić information content (AvgIpc) is 2.51. The highest BCUT2D eigenvalue weighted by Gasteiger charge is 2.08. The Kier molecular flexibility index (Phi) is 6.03. The van der Waals surface area contributed by atoms with Crippen LogP contribution < -0.4 is 16.0 Å². The smallest absolute Gasteiger partial charge is 0.230 e. The molecule has 0 unspecified atom stereocenters. The minimum atomic E-state index is -0.170. The lowest BCUT2D eigenvalue weighted by Gasteiger charge is -2.11. The van der Waals surface area contributed by atoms with Crippen LogP contribution >= 0.6 is 12.2 Å². The second kappa shape index (κ2) is 8.21. The van der Waals surface area contributed by atoms with Gasteiger partial charge in [-0.1, -0.05) is 24.3 Å². The van der Waals surface area contributed by atoms with E-state index in [0.717, 1.165) is 16.8 Å². The van der Waals surface area contributed by atoms with Gasteiger partial charge in [0, 0.05) is 18.3 Å². The summed E-state index contributed by atoms with van der Waals surface area (Å²) in [4.78, 5) is 23.0. The van der Waals surface area contributed by atoms with Gasteiger partial charge in [-0.15, -0.1) is 0 Å². The minimum absolute atomic E-state index is 0.130. The molecule has 0 aliphatic heterocycles. The van der Waals surface area contributed by atoms with Crippen molar-refractivity contribution in [2.75, 3.05) is 10.6 Å². The average molecular weight is 341 g/mol. The van der Waals surface area contributed by atoms with E-state index in [9.17, 15) is 9.59 Å². The first-order valence-electron chi connectivity index (χ1n) is 7.47. The highest BCUT2D eigenvalue weighted by atomic mass is 32.1. The minimum Gasteiger partial charge on any atom is -0.332 e. The predicted molar refractivity (Wildman–Crippen MR) is 100.0 cm³/mol. The monoisotopic (exact) mass is 341 g/mol. The SMILES string of the molecule is CC(=O)Nc1ccc(NC(=S)NC(=O)Cc2ccccc2C)cc1. The van der Waals surface area contributed by atoms with Gasteiger partial charge in [0.1, 0.15) is 0 Å². The number of carbonyl (C=O) groups excluding carboxylic acids is 2. The van der Waals surface area contributed by atoms with Gasteiger partial charge in [-0.25, -0.2) is 0 Å². The summed E-state index contributed by atoms with van der Waals surface area (Å²) in [5.41, 5.74) is 3.46. The molecule has 0 aliphatic carbocycles. The summed E-state index contributed by atoms with van der Waals surface area (Å²) in [7, 11) is 0. The van der Waals surface area contributed by atoms with Crippen LogP contribution in [-0.2, 0) is 16.0 Å². The summed E-state index contributed by atoms with van der Waals surface area (Å²) in [5, 5.41) is 8.52. The van der Waals surface area contributed by atoms with Gasteiger partial charge in [0.05, 0.1) is 6.42 Å². The van der Waals surface area contributed by atoms with E-state index in [1.54, 1.807) is 24.3 Å². The number of rotatable bonds is 4. The van der Waals surface area contributed by atoms with Crippen LogP contribution in [0.2, 0.25) is 0 Å². The molecule has 6 heteroatoms. The van der Waals surface area contributed by atoms with Crippen molar-refractivity contribution in [1.29, 1.82) is 0 Å². The molecule has 0 saturated carbocycles. The van der Waals surface area contributed by atoms with Crippen molar-refractivity contribution < 1.29 is 9.59 Å². The Balaban J connectivity index is 1.87. The molecule has 0 aromatic heterocycles. The van der Waals surface area contributed by atoms with Gasteiger partial charge in [0.15, 0.2) is 5.11 Å². The molecule has 0 saturated heterocycles. The van der Waals surface area contributed by atoms with Crippen LogP contribution in [0.1, 0.15) is 18.1 Å². The van der Waals surface area contributed by atoms with Crippen LogP contribution in [0.4, 0.5) is 11.4 Å². The molecule has 2 rings (SSSR count). The van der Waals surface area contributed by atoms with Crippen molar-refractivity contribution in [3.05, 3.63) is 59.7 Å². The van der Waals surface area contributed by atoms with Crippen molar-refractivity contribution in [2.24, 2.45) is 0 Å². The van der Waals surface area contributed by atoms with E-state index >= 15 is 0 Å². The van der Waals surface area contributed by atoms with Gasteiger partial charge in [-0.2, -0.15) is 0 Å². The van der Waals surface area contributed by atoms with Gasteiger partial charge >= 0.3 is 0 Å². The first kappa shape index (κ1) is 17.6. The third-order valence-electron chi connectivity index (χ3n) is 3.33. The van der Waals surface area contributed by atoms with Crippen molar-refractivity contribution in [2.45, 2.75) is 20.3 Å². The number of hydrogen-bond donors (Lipinski definition) is 3. The van der Waals surface area contributed by atoms with Crippen LogP contribution in [0.25, 0.3) is 0 Å². The molecule has 2 aromatic rings. The van der Waals surface area contributed by atoms with E-state index < -0.39 is 0 Å². The fourth-order valence-electron chi connectivity index (χ4n) is 2.15. The maximum Gasteiger partial charge on any atom is 0.230 e. The number of thiocarbonyl (C=S) groups is 1. The second-order valence-electron chi connectivity index (χ2n) is 5.36. The van der Waals surface area contributed by atoms with Crippen molar-refractivity contribution in [3.8, 4) is 0 Å². The quantitative estimate of drug-likeness (QED) is 0.748. The third-order valence-corrected chi connectivity index (χ3v) is 3.53. The zero-order valence-electron chi connectivity index (χ0n) is 13.6. The lowest BCUT2D eigenvalue weighted by Crippen LogP contribution is -2.35. The molecular weight excluding hydrogens is 322 g/mol. The lowest BCUT2D eigenvalue weighted by atomic mass is 10.1. The Morgan fingerprint density at radius 3 is 2.12 bits per heavy atom. The zero-order chi connectivity index (χ0) is 17.5. The van der Waals surface area contributed by atoms with Crippen molar-refractivity contribution in [3.63, 3.8) is 0 Å². The van der Waals surface area contributed by atoms with E-state index in [-0.39, 0.29) is 23.3 Å². The number of hydrogen-bond acceptors (Lipinski definition) is 3. The standard InChI is InChI=1S/C18H19N3O2S/c1-12-5-3-4-6-14(12)11-17(23)21-18(24)20-16-9-7-15(8-10-16)19-13(2)22/h3-10H,11H2,1-2H3,(H,19,22)(H2,20,21,23,24). The summed E-state index contributed by atoms with van der Waals surface area (Å²) >= 11 is 5.15. The molecule has 124 valence electrons. The normalized spacial score (nSPS) is 9.92. The van der Waals surface area contributed by atoms with Crippen LogP contribution in [0.3, 0.4) is 0 Å². The molecule has 0 spiro atoms. The van der Waals surface area contributed by atoms with Gasteiger partial charge in [-0.05, 0) is 54.5 Å². The molecule has 0 atom stereocenters. The molecule has 5 nitrogen and oxygen atoms in total. The Morgan fingerprint density at radius 2 is 1.54 bits per heavy atom. The fourth-order valence-corrected chi connectivity index (χ4v) is 2.39. The van der Waals surface area contributed by atoms with E-state index in [2.05, 4.69) is 16.0 Å². The Morgan fingerprint density at radius 1 is 0.958 bits per heavy atom. The predicted octanol–water partition coefficient (Wildman–Crippen LogP) is 3.01. The van der Waals surface area contributed by atoms with E-state index in [1.165, 1.54) is 6.92 Å².